The van der Waals surface area contributed by atoms with Gasteiger partial charge in [0.1, 0.15) is 13.2 Å². The van der Waals surface area contributed by atoms with Crippen LogP contribution in [0.2, 0.25) is 0 Å². The first-order chi connectivity index (χ1) is 15.5. The van der Waals surface area contributed by atoms with Crippen molar-refractivity contribution < 1.29 is 27.0 Å². The van der Waals surface area contributed by atoms with Crippen molar-refractivity contribution in [2.24, 2.45) is 0 Å². The minimum absolute atomic E-state index is 0.00635. The maximum absolute atomic E-state index is 13.6. The molecular formula is C23H24N2O6S. The second kappa shape index (κ2) is 8.48. The molecule has 2 aliphatic rings. The van der Waals surface area contributed by atoms with Crippen LogP contribution in [0.4, 0.5) is 5.88 Å². The molecule has 1 unspecified atom stereocenters. The summed E-state index contributed by atoms with van der Waals surface area (Å²) >= 11 is 0. The van der Waals surface area contributed by atoms with E-state index in [0.717, 1.165) is 24.0 Å². The Balaban J connectivity index is 1.55. The molecule has 0 aliphatic carbocycles. The number of sulfone groups is 1. The van der Waals surface area contributed by atoms with Gasteiger partial charge in [-0.15, -0.1) is 0 Å². The van der Waals surface area contributed by atoms with Gasteiger partial charge >= 0.3 is 0 Å². The van der Waals surface area contributed by atoms with E-state index < -0.39 is 9.84 Å². The van der Waals surface area contributed by atoms with Gasteiger partial charge in [0.15, 0.2) is 11.5 Å². The first-order valence-electron chi connectivity index (χ1n) is 10.6. The molecule has 1 aromatic heterocycles. The molecule has 32 heavy (non-hydrogen) atoms. The number of hydrogen-bond donors (Lipinski definition) is 1. The van der Waals surface area contributed by atoms with Crippen molar-refractivity contribution in [2.45, 2.75) is 35.8 Å². The third-order valence-electron chi connectivity index (χ3n) is 5.56. The molecule has 0 amide bonds. The number of nitrogens with one attached hydrogen (secondary N) is 1. The van der Waals surface area contributed by atoms with Gasteiger partial charge in [-0.1, -0.05) is 18.2 Å². The molecule has 5 rings (SSSR count). The first kappa shape index (κ1) is 20.8. The number of rotatable bonds is 6. The fourth-order valence-corrected chi connectivity index (χ4v) is 5.14. The van der Waals surface area contributed by atoms with Gasteiger partial charge in [0.05, 0.1) is 11.0 Å². The highest BCUT2D eigenvalue weighted by Crippen LogP contribution is 2.37. The van der Waals surface area contributed by atoms with Gasteiger partial charge in [0.2, 0.25) is 26.6 Å². The molecule has 0 spiro atoms. The maximum atomic E-state index is 13.6. The van der Waals surface area contributed by atoms with Gasteiger partial charge in [0.25, 0.3) is 0 Å². The molecule has 3 aromatic rings. The molecule has 9 heteroatoms. The number of oxazole rings is 1. The van der Waals surface area contributed by atoms with Crippen LogP contribution in [0.3, 0.4) is 0 Å². The Bertz CT molecular complexity index is 1230. The van der Waals surface area contributed by atoms with Crippen molar-refractivity contribution in [2.75, 3.05) is 31.7 Å². The molecule has 8 nitrogen and oxygen atoms in total. The Labute approximate surface area is 186 Å². The Morgan fingerprint density at radius 1 is 1.06 bits per heavy atom. The highest BCUT2D eigenvalue weighted by molar-refractivity contribution is 7.91. The van der Waals surface area contributed by atoms with Crippen LogP contribution in [0.1, 0.15) is 18.4 Å². The summed E-state index contributed by atoms with van der Waals surface area (Å²) in [5.74, 6) is 1.27. The number of ether oxygens (including phenoxy) is 3. The van der Waals surface area contributed by atoms with E-state index in [2.05, 4.69) is 10.3 Å². The number of benzene rings is 2. The Kier molecular flexibility index (Phi) is 5.52. The summed E-state index contributed by atoms with van der Waals surface area (Å²) in [6.45, 7) is 3.87. The van der Waals surface area contributed by atoms with E-state index >= 15 is 0 Å². The van der Waals surface area contributed by atoms with E-state index in [1.165, 1.54) is 12.1 Å². The van der Waals surface area contributed by atoms with Crippen LogP contribution in [-0.2, 0) is 14.6 Å². The molecular weight excluding hydrogens is 432 g/mol. The fourth-order valence-electron chi connectivity index (χ4n) is 3.84. The summed E-state index contributed by atoms with van der Waals surface area (Å²) in [6, 6.07) is 12.1. The highest BCUT2D eigenvalue weighted by Gasteiger charge is 2.31. The van der Waals surface area contributed by atoms with Crippen LogP contribution >= 0.6 is 0 Å². The fraction of sp³-hybridized carbons (Fsp3) is 0.348. The molecule has 3 heterocycles. The molecule has 168 valence electrons. The smallest absolute Gasteiger partial charge is 0.233 e. The standard InChI is InChI=1S/C23H24N2O6S/c1-15-5-2-3-7-18(15)21-25-23(22(31-21)24-14-16-6-4-10-28-16)32(26,27)17-8-9-19-20(13-17)30-12-11-29-19/h2-3,5,7-9,13,16,24H,4,6,10-12,14H2,1H3. The topological polar surface area (TPSA) is 99.9 Å². The third kappa shape index (κ3) is 3.93. The summed E-state index contributed by atoms with van der Waals surface area (Å²) in [7, 11) is -3.99. The van der Waals surface area contributed by atoms with Gasteiger partial charge in [-0.05, 0) is 43.5 Å². The average Bonchev–Trinajstić information content (AvgIpc) is 3.48. The van der Waals surface area contributed by atoms with Gasteiger partial charge in [-0.25, -0.2) is 8.42 Å². The zero-order valence-electron chi connectivity index (χ0n) is 17.7. The normalized spacial score (nSPS) is 18.0. The van der Waals surface area contributed by atoms with E-state index in [0.29, 0.717) is 37.9 Å². The van der Waals surface area contributed by atoms with Gasteiger partial charge in [-0.3, -0.25) is 0 Å². The second-order valence-electron chi connectivity index (χ2n) is 7.79. The molecule has 1 fully saturated rings. The monoisotopic (exact) mass is 456 g/mol. The lowest BCUT2D eigenvalue weighted by Crippen LogP contribution is -2.19. The molecule has 0 bridgehead atoms. The summed E-state index contributed by atoms with van der Waals surface area (Å²) in [5, 5.41) is 2.95. The number of anilines is 1. The van der Waals surface area contributed by atoms with Crippen molar-refractivity contribution in [1.82, 2.24) is 4.98 Å². The molecule has 2 aliphatic heterocycles. The SMILES string of the molecule is Cc1ccccc1-c1nc(S(=O)(=O)c2ccc3c(c2)OCCO3)c(NCC2CCCO2)o1. The van der Waals surface area contributed by atoms with Crippen LogP contribution < -0.4 is 14.8 Å². The Morgan fingerprint density at radius 2 is 1.88 bits per heavy atom. The summed E-state index contributed by atoms with van der Waals surface area (Å²) < 4.78 is 49.8. The molecule has 1 saturated heterocycles. The number of hydrogen-bond acceptors (Lipinski definition) is 8. The van der Waals surface area contributed by atoms with Gasteiger partial charge < -0.3 is 23.9 Å². The van der Waals surface area contributed by atoms with Gasteiger partial charge in [-0.2, -0.15) is 4.98 Å². The Hall–Kier alpha value is -3.04. The predicted molar refractivity (Wildman–Crippen MR) is 117 cm³/mol. The zero-order valence-corrected chi connectivity index (χ0v) is 18.5. The molecule has 1 atom stereocenters. The van der Waals surface area contributed by atoms with Crippen molar-refractivity contribution in [3.8, 4) is 23.0 Å². The van der Waals surface area contributed by atoms with E-state index in [-0.39, 0.29) is 27.8 Å². The number of nitrogens with zero attached hydrogens (tertiary/aromatic N) is 1. The molecule has 0 saturated carbocycles. The molecule has 2 aromatic carbocycles. The van der Waals surface area contributed by atoms with Crippen molar-refractivity contribution in [3.63, 3.8) is 0 Å². The van der Waals surface area contributed by atoms with Crippen molar-refractivity contribution >= 4 is 15.7 Å². The maximum Gasteiger partial charge on any atom is 0.233 e. The quantitative estimate of drug-likeness (QED) is 0.597. The number of fused-ring (bicyclic) bond motifs is 1. The van der Waals surface area contributed by atoms with E-state index in [4.69, 9.17) is 18.6 Å². The third-order valence-corrected chi connectivity index (χ3v) is 7.22. The predicted octanol–water partition coefficient (Wildman–Crippen LogP) is 3.84. The minimum atomic E-state index is -3.99. The van der Waals surface area contributed by atoms with Crippen LogP contribution in [0.15, 0.2) is 56.8 Å². The van der Waals surface area contributed by atoms with Gasteiger partial charge in [0, 0.05) is 24.8 Å². The van der Waals surface area contributed by atoms with Crippen LogP contribution in [0, 0.1) is 6.92 Å². The van der Waals surface area contributed by atoms with E-state index in [9.17, 15) is 8.42 Å². The molecule has 1 N–H and O–H groups in total. The Morgan fingerprint density at radius 3 is 2.66 bits per heavy atom. The lowest BCUT2D eigenvalue weighted by molar-refractivity contribution is 0.120. The average molecular weight is 457 g/mol. The summed E-state index contributed by atoms with van der Waals surface area (Å²) in [6.07, 6.45) is 1.90. The van der Waals surface area contributed by atoms with Crippen molar-refractivity contribution in [3.05, 3.63) is 48.0 Å². The van der Waals surface area contributed by atoms with E-state index in [1.54, 1.807) is 6.07 Å². The van der Waals surface area contributed by atoms with Crippen molar-refractivity contribution in [1.29, 1.82) is 0 Å². The summed E-state index contributed by atoms with van der Waals surface area (Å²) in [4.78, 5) is 4.48. The van der Waals surface area contributed by atoms with Crippen LogP contribution in [0.5, 0.6) is 11.5 Å². The zero-order chi connectivity index (χ0) is 22.1. The lowest BCUT2D eigenvalue weighted by atomic mass is 10.1. The summed E-state index contributed by atoms with van der Waals surface area (Å²) in [5.41, 5.74) is 1.67. The largest absolute Gasteiger partial charge is 0.486 e. The number of aryl methyl sites for hydroxylation is 1. The highest BCUT2D eigenvalue weighted by atomic mass is 32.2. The minimum Gasteiger partial charge on any atom is -0.486 e. The van der Waals surface area contributed by atoms with E-state index in [1.807, 2.05) is 31.2 Å². The second-order valence-corrected chi connectivity index (χ2v) is 9.66. The number of aromatic nitrogens is 1. The van der Waals surface area contributed by atoms with Crippen LogP contribution in [-0.4, -0.2) is 45.9 Å². The van der Waals surface area contributed by atoms with Crippen LogP contribution in [0.25, 0.3) is 11.5 Å². The lowest BCUT2D eigenvalue weighted by Gasteiger charge is -2.18. The molecule has 0 radical (unpaired) electrons. The first-order valence-corrected chi connectivity index (χ1v) is 12.1.